The van der Waals surface area contributed by atoms with Crippen LogP contribution < -0.4 is 9.80 Å². The molecule has 2 saturated heterocycles. The Kier molecular flexibility index (Phi) is 6.48. The van der Waals surface area contributed by atoms with Crippen LogP contribution in [-0.4, -0.2) is 60.0 Å². The molecule has 2 aliphatic rings. The second-order valence-corrected chi connectivity index (χ2v) is 9.49. The molecule has 1 amide bonds. The second kappa shape index (κ2) is 9.84. The smallest absolute Gasteiger partial charge is 0.225 e. The summed E-state index contributed by atoms with van der Waals surface area (Å²) in [7, 11) is 0. The van der Waals surface area contributed by atoms with Crippen molar-refractivity contribution < 1.29 is 4.79 Å². The Labute approximate surface area is 202 Å². The number of piperidine rings is 1. The SMILES string of the molecule is Cc1ccc(C)c(N2CCN(C(=O)C3CCN(c4cc(-c5ccccc5)ncn4)CC3)CC2)c1. The predicted octanol–water partition coefficient (Wildman–Crippen LogP) is 4.33. The van der Waals surface area contributed by atoms with Crippen LogP contribution in [0.3, 0.4) is 0 Å². The van der Waals surface area contributed by atoms with E-state index in [0.29, 0.717) is 5.91 Å². The average molecular weight is 456 g/mol. The first-order valence-electron chi connectivity index (χ1n) is 12.3. The fourth-order valence-electron chi connectivity index (χ4n) is 5.13. The van der Waals surface area contributed by atoms with Crippen LogP contribution in [0.15, 0.2) is 60.9 Å². The van der Waals surface area contributed by atoms with E-state index in [2.05, 4.69) is 74.9 Å². The van der Waals surface area contributed by atoms with Crippen molar-refractivity contribution in [3.05, 3.63) is 72.1 Å². The summed E-state index contributed by atoms with van der Waals surface area (Å²) in [6, 6.07) is 18.9. The first-order valence-corrected chi connectivity index (χ1v) is 12.3. The van der Waals surface area contributed by atoms with E-state index in [1.54, 1.807) is 6.33 Å². The number of aryl methyl sites for hydroxylation is 2. The van der Waals surface area contributed by atoms with Crippen LogP contribution >= 0.6 is 0 Å². The van der Waals surface area contributed by atoms with Gasteiger partial charge in [-0.25, -0.2) is 9.97 Å². The van der Waals surface area contributed by atoms with E-state index in [1.165, 1.54) is 16.8 Å². The third-order valence-electron chi connectivity index (χ3n) is 7.19. The molecule has 0 radical (unpaired) electrons. The minimum atomic E-state index is 0.110. The topological polar surface area (TPSA) is 52.6 Å². The molecule has 0 bridgehead atoms. The lowest BCUT2D eigenvalue weighted by atomic mass is 9.95. The number of amides is 1. The average Bonchev–Trinajstić information content (AvgIpc) is 2.90. The summed E-state index contributed by atoms with van der Waals surface area (Å²) in [6.45, 7) is 9.42. The summed E-state index contributed by atoms with van der Waals surface area (Å²) >= 11 is 0. The molecule has 0 saturated carbocycles. The summed E-state index contributed by atoms with van der Waals surface area (Å²) in [5.74, 6) is 1.38. The van der Waals surface area contributed by atoms with Crippen LogP contribution in [0.2, 0.25) is 0 Å². The van der Waals surface area contributed by atoms with Crippen molar-refractivity contribution in [3.8, 4) is 11.3 Å². The van der Waals surface area contributed by atoms with Crippen LogP contribution in [0.4, 0.5) is 11.5 Å². The van der Waals surface area contributed by atoms with E-state index < -0.39 is 0 Å². The van der Waals surface area contributed by atoms with Crippen LogP contribution in [0.25, 0.3) is 11.3 Å². The molecule has 2 fully saturated rings. The van der Waals surface area contributed by atoms with Gasteiger partial charge in [0.2, 0.25) is 5.91 Å². The van der Waals surface area contributed by atoms with Gasteiger partial charge in [-0.15, -0.1) is 0 Å². The molecule has 2 aliphatic heterocycles. The molecule has 2 aromatic carbocycles. The summed E-state index contributed by atoms with van der Waals surface area (Å²) in [4.78, 5) is 29.0. The number of nitrogens with zero attached hydrogens (tertiary/aromatic N) is 5. The van der Waals surface area contributed by atoms with Gasteiger partial charge in [-0.3, -0.25) is 4.79 Å². The molecule has 0 unspecified atom stereocenters. The monoisotopic (exact) mass is 455 g/mol. The molecule has 6 nitrogen and oxygen atoms in total. The van der Waals surface area contributed by atoms with Gasteiger partial charge in [-0.1, -0.05) is 42.5 Å². The van der Waals surface area contributed by atoms with Gasteiger partial charge in [-0.05, 0) is 43.9 Å². The largest absolute Gasteiger partial charge is 0.368 e. The number of benzene rings is 2. The number of hydrogen-bond donors (Lipinski definition) is 0. The molecular weight excluding hydrogens is 422 g/mol. The maximum Gasteiger partial charge on any atom is 0.225 e. The molecule has 176 valence electrons. The molecule has 0 atom stereocenters. The standard InChI is InChI=1S/C28H33N5O/c1-21-8-9-22(2)26(18-21)31-14-16-33(17-15-31)28(34)24-10-12-32(13-11-24)27-19-25(29-20-30-27)23-6-4-3-5-7-23/h3-9,18-20,24H,10-17H2,1-2H3. The van der Waals surface area contributed by atoms with Gasteiger partial charge < -0.3 is 14.7 Å². The summed E-state index contributed by atoms with van der Waals surface area (Å²) < 4.78 is 0. The lowest BCUT2D eigenvalue weighted by molar-refractivity contribution is -0.136. The minimum Gasteiger partial charge on any atom is -0.368 e. The van der Waals surface area contributed by atoms with Gasteiger partial charge in [0.25, 0.3) is 0 Å². The minimum absolute atomic E-state index is 0.110. The maximum atomic E-state index is 13.3. The molecule has 3 aromatic rings. The van der Waals surface area contributed by atoms with Gasteiger partial charge in [-0.2, -0.15) is 0 Å². The zero-order chi connectivity index (χ0) is 23.5. The molecule has 0 N–H and O–H groups in total. The van der Waals surface area contributed by atoms with Crippen LogP contribution in [0.1, 0.15) is 24.0 Å². The van der Waals surface area contributed by atoms with Crippen molar-refractivity contribution in [2.45, 2.75) is 26.7 Å². The zero-order valence-electron chi connectivity index (χ0n) is 20.2. The number of aromatic nitrogens is 2. The highest BCUT2D eigenvalue weighted by molar-refractivity contribution is 5.79. The van der Waals surface area contributed by atoms with Crippen molar-refractivity contribution in [1.29, 1.82) is 0 Å². The van der Waals surface area contributed by atoms with Crippen molar-refractivity contribution in [1.82, 2.24) is 14.9 Å². The van der Waals surface area contributed by atoms with Crippen LogP contribution in [0, 0.1) is 19.8 Å². The highest BCUT2D eigenvalue weighted by Gasteiger charge is 2.31. The van der Waals surface area contributed by atoms with E-state index in [0.717, 1.165) is 69.2 Å². The fourth-order valence-corrected chi connectivity index (χ4v) is 5.13. The number of anilines is 2. The van der Waals surface area contributed by atoms with Gasteiger partial charge in [0.1, 0.15) is 12.1 Å². The van der Waals surface area contributed by atoms with E-state index in [-0.39, 0.29) is 5.92 Å². The summed E-state index contributed by atoms with van der Waals surface area (Å²) in [5.41, 5.74) is 5.92. The number of rotatable bonds is 4. The van der Waals surface area contributed by atoms with Gasteiger partial charge in [0, 0.05) is 62.5 Å². The molecule has 1 aromatic heterocycles. The number of piperazine rings is 1. The fraction of sp³-hybridized carbons (Fsp3) is 0.393. The second-order valence-electron chi connectivity index (χ2n) is 9.49. The highest BCUT2D eigenvalue weighted by Crippen LogP contribution is 2.27. The Hall–Kier alpha value is -3.41. The zero-order valence-corrected chi connectivity index (χ0v) is 20.2. The maximum absolute atomic E-state index is 13.3. The lowest BCUT2D eigenvalue weighted by Crippen LogP contribution is -2.52. The lowest BCUT2D eigenvalue weighted by Gasteiger charge is -2.40. The first kappa shape index (κ1) is 22.4. The highest BCUT2D eigenvalue weighted by atomic mass is 16.2. The number of carbonyl (C=O) groups is 1. The Bertz CT molecular complexity index is 1130. The Morgan fingerprint density at radius 1 is 0.824 bits per heavy atom. The van der Waals surface area contributed by atoms with E-state index >= 15 is 0 Å². The van der Waals surface area contributed by atoms with Crippen molar-refractivity contribution in [2.24, 2.45) is 5.92 Å². The molecular formula is C28H33N5O. The summed E-state index contributed by atoms with van der Waals surface area (Å²) in [6.07, 6.45) is 3.39. The molecule has 6 heteroatoms. The molecule has 5 rings (SSSR count). The predicted molar refractivity (Wildman–Crippen MR) is 137 cm³/mol. The van der Waals surface area contributed by atoms with Gasteiger partial charge in [0.15, 0.2) is 0 Å². The Balaban J connectivity index is 1.16. The molecule has 0 aliphatic carbocycles. The Morgan fingerprint density at radius 3 is 2.29 bits per heavy atom. The Morgan fingerprint density at radius 2 is 1.56 bits per heavy atom. The third kappa shape index (κ3) is 4.76. The molecule has 0 spiro atoms. The summed E-state index contributed by atoms with van der Waals surface area (Å²) in [5, 5.41) is 0. The normalized spacial score (nSPS) is 17.2. The number of hydrogen-bond acceptors (Lipinski definition) is 5. The van der Waals surface area contributed by atoms with Crippen LogP contribution in [-0.2, 0) is 4.79 Å². The number of carbonyl (C=O) groups excluding carboxylic acids is 1. The van der Waals surface area contributed by atoms with E-state index in [1.807, 2.05) is 18.2 Å². The van der Waals surface area contributed by atoms with E-state index in [9.17, 15) is 4.79 Å². The van der Waals surface area contributed by atoms with Gasteiger partial charge >= 0.3 is 0 Å². The van der Waals surface area contributed by atoms with Crippen molar-refractivity contribution in [3.63, 3.8) is 0 Å². The van der Waals surface area contributed by atoms with Gasteiger partial charge in [0.05, 0.1) is 5.69 Å². The van der Waals surface area contributed by atoms with Crippen LogP contribution in [0.5, 0.6) is 0 Å². The van der Waals surface area contributed by atoms with E-state index in [4.69, 9.17) is 0 Å². The quantitative estimate of drug-likeness (QED) is 0.586. The van der Waals surface area contributed by atoms with Crippen molar-refractivity contribution >= 4 is 17.4 Å². The molecule has 3 heterocycles. The molecule has 34 heavy (non-hydrogen) atoms. The van der Waals surface area contributed by atoms with Crippen molar-refractivity contribution in [2.75, 3.05) is 49.1 Å². The third-order valence-corrected chi connectivity index (χ3v) is 7.19. The first-order chi connectivity index (χ1) is 16.6.